The number of hydrogen-bond donors (Lipinski definition) is 16. The minimum atomic E-state index is -1.59. The van der Waals surface area contributed by atoms with Crippen molar-refractivity contribution in [3.63, 3.8) is 0 Å². The Bertz CT molecular complexity index is 2110. The van der Waals surface area contributed by atoms with Crippen LogP contribution in [0.4, 0.5) is 0 Å². The first-order valence-electron chi connectivity index (χ1n) is 28.3. The molecule has 0 saturated carbocycles. The van der Waals surface area contributed by atoms with Gasteiger partial charge in [0.1, 0.15) is 60.9 Å². The van der Waals surface area contributed by atoms with Crippen molar-refractivity contribution in [1.29, 1.82) is 0 Å². The molecule has 6 amide bonds. The second-order valence-corrected chi connectivity index (χ2v) is 25.4. The van der Waals surface area contributed by atoms with Crippen molar-refractivity contribution < 1.29 is 103 Å². The highest BCUT2D eigenvalue weighted by molar-refractivity contribution is 5.79. The Labute approximate surface area is 488 Å². The second-order valence-electron chi connectivity index (χ2n) is 25.4. The molecule has 0 aliphatic carbocycles. The zero-order valence-electron chi connectivity index (χ0n) is 51.8. The van der Waals surface area contributed by atoms with Crippen LogP contribution >= 0.6 is 0 Å². The van der Waals surface area contributed by atoms with Gasteiger partial charge in [0.2, 0.25) is 35.4 Å². The van der Waals surface area contributed by atoms with Gasteiger partial charge in [-0.05, 0) is 123 Å². The number of carbonyl (C=O) groups is 6. The van der Waals surface area contributed by atoms with Gasteiger partial charge in [0.05, 0.1) is 60.4 Å². The summed E-state index contributed by atoms with van der Waals surface area (Å²) in [6.45, 7) is 22.6. The third-order valence-electron chi connectivity index (χ3n) is 16.0. The fourth-order valence-electron chi connectivity index (χ4n) is 10.0. The van der Waals surface area contributed by atoms with Gasteiger partial charge in [0, 0.05) is 51.1 Å². The average molecular weight is 1200 g/mol. The predicted molar refractivity (Wildman–Crippen MR) is 299 cm³/mol. The van der Waals surface area contributed by atoms with Crippen molar-refractivity contribution in [3.8, 4) is 0 Å². The quantitative estimate of drug-likeness (QED) is 0.0290. The molecule has 0 spiro atoms. The van der Waals surface area contributed by atoms with Gasteiger partial charge in [-0.15, -0.1) is 0 Å². The van der Waals surface area contributed by atoms with E-state index in [1.165, 1.54) is 27.7 Å². The number of hydrogen-bond acceptors (Lipinski definition) is 22. The lowest BCUT2D eigenvalue weighted by Gasteiger charge is -2.48. The topological polar surface area (TPSA) is 424 Å². The zero-order chi connectivity index (χ0) is 64.0. The van der Waals surface area contributed by atoms with E-state index in [0.717, 1.165) is 0 Å². The molecule has 15 atom stereocenters. The molecule has 2 fully saturated rings. The second kappa shape index (κ2) is 31.2. The summed E-state index contributed by atoms with van der Waals surface area (Å²) in [6.07, 6.45) is -15.3. The van der Waals surface area contributed by atoms with E-state index in [2.05, 4.69) is 37.2 Å². The van der Waals surface area contributed by atoms with Gasteiger partial charge in [-0.3, -0.25) is 28.8 Å². The largest absolute Gasteiger partial charge is 0.394 e. The molecule has 83 heavy (non-hydrogen) atoms. The molecule has 0 aromatic heterocycles. The van der Waals surface area contributed by atoms with Crippen LogP contribution < -0.4 is 37.2 Å². The standard InChI is InChI=1S/C55H103N7O21/c1-29(67)34(25-64)78-46(33(24-63)57-30(2)68)82-53(13,14)51(9,10)61-38(72)19-22-55(56-17,23-20-39(73)62-52(11,12)54(15,16)83-48-41(59-32(4)70)45(77)43(75)36(27-66)80-48)21-18-37(71)60-49(5,6)28-50(7,8)81-47-40(58-31(3)69)44(76)42(74)35(26-65)79-47/h29,33-36,40-48,56,63-67,74-77H,18-28H2,1-17H3,(H,57,68)(H,58,69)(H,59,70)(H,60,71)(H,61,72)(H,62,73)/t29-,33+,34?,35?,36?,40?,41?,42?,43?,44?,45?,46?,47?,48?,55?/m1/s1. The summed E-state index contributed by atoms with van der Waals surface area (Å²) in [5.74, 6) is -2.97. The SMILES string of the molecule is CNC(CCC(=O)NC(C)(C)CC(C)(C)OC1OC(CO)C(O)C(O)C1NC(C)=O)(CCC(=O)NC(C)(C)C(C)(C)OC1OC(CO)C(O)C(O)C1NC(C)=O)CCC(=O)NC(C)(C)C(C)(C)OC(OC(CO)[C@@H](C)O)[C@H](CO)NC(C)=O. The van der Waals surface area contributed by atoms with Crippen LogP contribution in [-0.4, -0.2) is 240 Å². The first-order valence-corrected chi connectivity index (χ1v) is 28.3. The summed E-state index contributed by atoms with van der Waals surface area (Å²) in [4.78, 5) is 78.8. The molecule has 0 radical (unpaired) electrons. The Kier molecular flexibility index (Phi) is 28.3. The summed E-state index contributed by atoms with van der Waals surface area (Å²) in [5.41, 5.74) is -8.32. The third kappa shape index (κ3) is 22.1. The molecule has 2 aliphatic heterocycles. The van der Waals surface area contributed by atoms with E-state index in [9.17, 15) is 74.7 Å². The van der Waals surface area contributed by atoms with Crippen LogP contribution in [0.5, 0.6) is 0 Å². The summed E-state index contributed by atoms with van der Waals surface area (Å²) >= 11 is 0. The van der Waals surface area contributed by atoms with Gasteiger partial charge in [0.25, 0.3) is 0 Å². The summed E-state index contributed by atoms with van der Waals surface area (Å²) in [6, 6.07) is -3.63. The van der Waals surface area contributed by atoms with Crippen molar-refractivity contribution >= 4 is 35.4 Å². The Balaban J connectivity index is 2.46. The normalized spacial score (nSPS) is 26.1. The third-order valence-corrected chi connectivity index (χ3v) is 16.0. The molecule has 0 aromatic rings. The van der Waals surface area contributed by atoms with Crippen molar-refractivity contribution in [1.82, 2.24) is 37.2 Å². The number of amides is 6. The van der Waals surface area contributed by atoms with Crippen LogP contribution in [0, 0.1) is 0 Å². The number of aliphatic hydroxyl groups excluding tert-OH is 9. The first-order chi connectivity index (χ1) is 38.0. The van der Waals surface area contributed by atoms with Crippen LogP contribution in [0.1, 0.15) is 156 Å². The summed E-state index contributed by atoms with van der Waals surface area (Å²) in [7, 11) is 1.64. The van der Waals surface area contributed by atoms with Gasteiger partial charge in [-0.1, -0.05) is 0 Å². The lowest BCUT2D eigenvalue weighted by Crippen LogP contribution is -2.68. The maximum Gasteiger partial charge on any atom is 0.220 e. The molecular formula is C55H103N7O21. The highest BCUT2D eigenvalue weighted by Gasteiger charge is 2.52. The summed E-state index contributed by atoms with van der Waals surface area (Å²) < 4.78 is 36.5. The van der Waals surface area contributed by atoms with Gasteiger partial charge in [0.15, 0.2) is 18.9 Å². The molecule has 2 rings (SSSR count). The van der Waals surface area contributed by atoms with Crippen LogP contribution in [-0.2, 0) is 57.2 Å². The predicted octanol–water partition coefficient (Wildman–Crippen LogP) is -2.79. The van der Waals surface area contributed by atoms with Crippen molar-refractivity contribution in [3.05, 3.63) is 0 Å². The van der Waals surface area contributed by atoms with E-state index >= 15 is 0 Å². The maximum atomic E-state index is 14.2. The lowest BCUT2D eigenvalue weighted by molar-refractivity contribution is -0.303. The molecule has 2 saturated heterocycles. The zero-order valence-corrected chi connectivity index (χ0v) is 51.8. The molecule has 0 bridgehead atoms. The fourth-order valence-corrected chi connectivity index (χ4v) is 10.0. The smallest absolute Gasteiger partial charge is 0.220 e. The van der Waals surface area contributed by atoms with Crippen LogP contribution in [0.2, 0.25) is 0 Å². The van der Waals surface area contributed by atoms with Gasteiger partial charge in [-0.2, -0.15) is 0 Å². The van der Waals surface area contributed by atoms with Crippen LogP contribution in [0.15, 0.2) is 0 Å². The van der Waals surface area contributed by atoms with Crippen molar-refractivity contribution in [2.75, 3.05) is 33.5 Å². The van der Waals surface area contributed by atoms with E-state index in [4.69, 9.17) is 28.4 Å². The molecule has 0 aromatic carbocycles. The molecule has 16 N–H and O–H groups in total. The molecule has 28 heteroatoms. The lowest BCUT2D eigenvalue weighted by atomic mass is 9.81. The average Bonchev–Trinajstić information content (AvgIpc) is 3.56. The van der Waals surface area contributed by atoms with E-state index in [1.807, 2.05) is 0 Å². The molecule has 484 valence electrons. The minimum absolute atomic E-state index is 0.0684. The number of ether oxygens (including phenoxy) is 6. The number of nitrogens with one attached hydrogen (secondary N) is 7. The molecule has 2 heterocycles. The van der Waals surface area contributed by atoms with Crippen LogP contribution in [0.25, 0.3) is 0 Å². The Morgan fingerprint density at radius 3 is 1.34 bits per heavy atom. The van der Waals surface area contributed by atoms with E-state index in [0.29, 0.717) is 0 Å². The molecule has 2 aliphatic rings. The Morgan fingerprint density at radius 1 is 0.566 bits per heavy atom. The van der Waals surface area contributed by atoms with Crippen molar-refractivity contribution in [2.45, 2.75) is 281 Å². The van der Waals surface area contributed by atoms with Crippen LogP contribution in [0.3, 0.4) is 0 Å². The van der Waals surface area contributed by atoms with Crippen molar-refractivity contribution in [2.24, 2.45) is 0 Å². The monoisotopic (exact) mass is 1200 g/mol. The molecular weight excluding hydrogens is 1090 g/mol. The number of rotatable bonds is 34. The number of carbonyl (C=O) groups excluding carboxylic acids is 6. The van der Waals surface area contributed by atoms with Gasteiger partial charge < -0.3 is 112 Å². The van der Waals surface area contributed by atoms with Gasteiger partial charge in [-0.25, -0.2) is 0 Å². The van der Waals surface area contributed by atoms with Gasteiger partial charge >= 0.3 is 0 Å². The highest BCUT2D eigenvalue weighted by Crippen LogP contribution is 2.35. The van der Waals surface area contributed by atoms with E-state index in [1.54, 1.807) is 90.1 Å². The molecule has 28 nitrogen and oxygen atoms in total. The Hall–Kier alpha value is -3.82. The maximum absolute atomic E-state index is 14.2. The fraction of sp³-hybridized carbons (Fsp3) is 0.891. The van der Waals surface area contributed by atoms with E-state index < -0.39 is 187 Å². The minimum Gasteiger partial charge on any atom is -0.394 e. The first kappa shape index (κ1) is 75.3. The number of aliphatic hydroxyl groups is 9. The Morgan fingerprint density at radius 2 is 0.976 bits per heavy atom. The molecule has 13 unspecified atom stereocenters. The van der Waals surface area contributed by atoms with E-state index in [-0.39, 0.29) is 44.9 Å². The highest BCUT2D eigenvalue weighted by atomic mass is 16.7. The summed E-state index contributed by atoms with van der Waals surface area (Å²) in [5, 5.41) is 113.